The molecule has 0 saturated heterocycles. The van der Waals surface area contributed by atoms with E-state index in [1.54, 1.807) is 0 Å². The minimum Gasteiger partial charge on any atom is -0.310 e. The summed E-state index contributed by atoms with van der Waals surface area (Å²) in [6, 6.07) is 102. The Labute approximate surface area is 408 Å². The van der Waals surface area contributed by atoms with E-state index in [-0.39, 0.29) is 0 Å². The van der Waals surface area contributed by atoms with Crippen molar-refractivity contribution in [2.75, 3.05) is 4.90 Å². The summed E-state index contributed by atoms with van der Waals surface area (Å²) in [6.45, 7) is 0. The van der Waals surface area contributed by atoms with Crippen LogP contribution < -0.4 is 4.90 Å². The van der Waals surface area contributed by atoms with Gasteiger partial charge >= 0.3 is 0 Å². The van der Waals surface area contributed by atoms with Gasteiger partial charge in [-0.15, -0.1) is 0 Å². The number of aromatic nitrogens is 1. The third kappa shape index (κ3) is 7.31. The number of nitrogens with zero attached hydrogens (tertiary/aromatic N) is 2. The average molecular weight is 891 g/mol. The van der Waals surface area contributed by atoms with Crippen LogP contribution in [0.3, 0.4) is 0 Å². The number of fused-ring (bicyclic) bond motifs is 6. The summed E-state index contributed by atoms with van der Waals surface area (Å²) in [5.74, 6) is 0. The predicted octanol–water partition coefficient (Wildman–Crippen LogP) is 18.9. The Morgan fingerprint density at radius 2 is 0.729 bits per heavy atom. The number of para-hydroxylation sites is 3. The van der Waals surface area contributed by atoms with Crippen LogP contribution in [0.4, 0.5) is 17.1 Å². The van der Waals surface area contributed by atoms with Gasteiger partial charge in [0.1, 0.15) is 0 Å². The summed E-state index contributed by atoms with van der Waals surface area (Å²) in [5.41, 5.74) is 18.7. The van der Waals surface area contributed by atoms with E-state index in [1.807, 2.05) is 0 Å². The molecule has 0 fully saturated rings. The van der Waals surface area contributed by atoms with Gasteiger partial charge in [0.2, 0.25) is 0 Å². The number of benzene rings is 12. The highest BCUT2D eigenvalue weighted by Crippen LogP contribution is 2.44. The fraction of sp³-hybridized carbons (Fsp3) is 0. The molecule has 2 heteroatoms. The molecular weight excluding hydrogens is 845 g/mol. The molecule has 1 aromatic heterocycles. The van der Waals surface area contributed by atoms with Crippen LogP contribution in [-0.4, -0.2) is 4.57 Å². The first-order chi connectivity index (χ1) is 34.7. The maximum atomic E-state index is 2.41. The molecule has 70 heavy (non-hydrogen) atoms. The summed E-state index contributed by atoms with van der Waals surface area (Å²) in [6.07, 6.45) is 0. The fourth-order valence-corrected chi connectivity index (χ4v) is 10.6. The van der Waals surface area contributed by atoms with Gasteiger partial charge in [-0.1, -0.05) is 212 Å². The van der Waals surface area contributed by atoms with Crippen molar-refractivity contribution in [1.82, 2.24) is 4.57 Å². The Hall–Kier alpha value is -9.24. The SMILES string of the molecule is c1ccc(-c2ccc(-c3ccc(N(c4ccc(-c5ccc6c(ccc7ccccc76)c5)cc4)c4ccccc4-c4cccc(-c5cccc6c5c5ccccc5n6-c5ccccc5)c4)cc3)cc2)cc1. The summed E-state index contributed by atoms with van der Waals surface area (Å²) in [7, 11) is 0. The highest BCUT2D eigenvalue weighted by atomic mass is 15.1. The van der Waals surface area contributed by atoms with Crippen LogP contribution in [0.25, 0.3) is 105 Å². The van der Waals surface area contributed by atoms with E-state index in [2.05, 4.69) is 289 Å². The van der Waals surface area contributed by atoms with E-state index < -0.39 is 0 Å². The Morgan fingerprint density at radius 3 is 1.46 bits per heavy atom. The third-order valence-corrected chi connectivity index (χ3v) is 14.0. The minimum atomic E-state index is 1.08. The lowest BCUT2D eigenvalue weighted by molar-refractivity contribution is 1.18. The molecule has 328 valence electrons. The first-order valence-electron chi connectivity index (χ1n) is 24.1. The van der Waals surface area contributed by atoms with Gasteiger partial charge in [0.05, 0.1) is 16.7 Å². The second-order valence-corrected chi connectivity index (χ2v) is 18.1. The van der Waals surface area contributed by atoms with E-state index in [0.29, 0.717) is 0 Å². The second-order valence-electron chi connectivity index (χ2n) is 18.1. The Balaban J connectivity index is 0.913. The van der Waals surface area contributed by atoms with Gasteiger partial charge in [0, 0.05) is 33.4 Å². The lowest BCUT2D eigenvalue weighted by Gasteiger charge is -2.28. The number of rotatable bonds is 9. The zero-order valence-corrected chi connectivity index (χ0v) is 38.5. The van der Waals surface area contributed by atoms with Crippen LogP contribution in [0.1, 0.15) is 0 Å². The molecule has 0 bridgehead atoms. The Bertz CT molecular complexity index is 4020. The van der Waals surface area contributed by atoms with Crippen LogP contribution >= 0.6 is 0 Å². The van der Waals surface area contributed by atoms with E-state index >= 15 is 0 Å². The van der Waals surface area contributed by atoms with Crippen LogP contribution in [0, 0.1) is 0 Å². The molecule has 12 aromatic carbocycles. The molecule has 0 aliphatic carbocycles. The van der Waals surface area contributed by atoms with Gasteiger partial charge in [-0.25, -0.2) is 0 Å². The molecule has 13 aromatic rings. The molecule has 0 N–H and O–H groups in total. The van der Waals surface area contributed by atoms with Crippen LogP contribution in [0.2, 0.25) is 0 Å². The molecular formula is C68H46N2. The van der Waals surface area contributed by atoms with Gasteiger partial charge < -0.3 is 9.47 Å². The van der Waals surface area contributed by atoms with Crippen molar-refractivity contribution >= 4 is 60.4 Å². The van der Waals surface area contributed by atoms with Crippen LogP contribution in [0.15, 0.2) is 279 Å². The van der Waals surface area contributed by atoms with E-state index in [0.717, 1.165) is 33.9 Å². The molecule has 0 radical (unpaired) electrons. The van der Waals surface area contributed by atoms with Gasteiger partial charge in [0.25, 0.3) is 0 Å². The normalized spacial score (nSPS) is 11.4. The topological polar surface area (TPSA) is 8.17 Å². The van der Waals surface area contributed by atoms with Crippen molar-refractivity contribution in [3.63, 3.8) is 0 Å². The smallest absolute Gasteiger partial charge is 0.0547 e. The number of anilines is 3. The van der Waals surface area contributed by atoms with Crippen molar-refractivity contribution in [2.24, 2.45) is 0 Å². The highest BCUT2D eigenvalue weighted by molar-refractivity contribution is 6.16. The molecule has 0 aliphatic rings. The maximum Gasteiger partial charge on any atom is 0.0547 e. The molecule has 0 atom stereocenters. The fourth-order valence-electron chi connectivity index (χ4n) is 10.6. The molecule has 1 heterocycles. The number of hydrogen-bond acceptors (Lipinski definition) is 1. The van der Waals surface area contributed by atoms with Crippen molar-refractivity contribution in [3.8, 4) is 61.3 Å². The first-order valence-corrected chi connectivity index (χ1v) is 24.1. The Morgan fingerprint density at radius 1 is 0.257 bits per heavy atom. The summed E-state index contributed by atoms with van der Waals surface area (Å²) in [5, 5.41) is 7.55. The molecule has 0 amide bonds. The quantitative estimate of drug-likeness (QED) is 0.131. The maximum absolute atomic E-state index is 2.41. The van der Waals surface area contributed by atoms with Crippen LogP contribution in [0.5, 0.6) is 0 Å². The van der Waals surface area contributed by atoms with Crippen LogP contribution in [-0.2, 0) is 0 Å². The number of hydrogen-bond donors (Lipinski definition) is 0. The van der Waals surface area contributed by atoms with E-state index in [1.165, 1.54) is 87.9 Å². The summed E-state index contributed by atoms with van der Waals surface area (Å²) < 4.78 is 2.39. The third-order valence-electron chi connectivity index (χ3n) is 14.0. The van der Waals surface area contributed by atoms with E-state index in [4.69, 9.17) is 0 Å². The Kier molecular flexibility index (Phi) is 10.2. The zero-order valence-electron chi connectivity index (χ0n) is 38.5. The largest absolute Gasteiger partial charge is 0.310 e. The van der Waals surface area contributed by atoms with Gasteiger partial charge in [-0.2, -0.15) is 0 Å². The van der Waals surface area contributed by atoms with Gasteiger partial charge in [0.15, 0.2) is 0 Å². The van der Waals surface area contributed by atoms with E-state index in [9.17, 15) is 0 Å². The molecule has 0 saturated carbocycles. The standard InChI is InChI=1S/C68H46N2/c1-3-15-47(16-4-1)48-29-31-49(32-30-48)50-35-40-58(41-36-50)69(59-42-37-51(38-43-59)53-39-44-61-56(45-53)34-33-52-17-7-8-22-60(52)61)65-26-11-9-23-62(65)54-18-13-19-55(46-54)63-25-14-28-67-68(63)64-24-10-12-27-66(64)70(67)57-20-5-2-6-21-57/h1-46H. The van der Waals surface area contributed by atoms with Gasteiger partial charge in [-0.05, 0) is 138 Å². The molecule has 13 rings (SSSR count). The van der Waals surface area contributed by atoms with Crippen molar-refractivity contribution in [3.05, 3.63) is 279 Å². The van der Waals surface area contributed by atoms with Gasteiger partial charge in [-0.3, -0.25) is 0 Å². The monoisotopic (exact) mass is 890 g/mol. The first kappa shape index (κ1) is 41.0. The van der Waals surface area contributed by atoms with Crippen molar-refractivity contribution in [2.45, 2.75) is 0 Å². The molecule has 0 spiro atoms. The second kappa shape index (κ2) is 17.4. The predicted molar refractivity (Wildman–Crippen MR) is 298 cm³/mol. The zero-order chi connectivity index (χ0) is 46.4. The summed E-state index contributed by atoms with van der Waals surface area (Å²) in [4.78, 5) is 2.41. The molecule has 2 nitrogen and oxygen atoms in total. The highest BCUT2D eigenvalue weighted by Gasteiger charge is 2.20. The lowest BCUT2D eigenvalue weighted by Crippen LogP contribution is -2.11. The van der Waals surface area contributed by atoms with Crippen molar-refractivity contribution in [1.29, 1.82) is 0 Å². The molecule has 0 aliphatic heterocycles. The lowest BCUT2D eigenvalue weighted by atomic mass is 9.94. The molecule has 0 unspecified atom stereocenters. The summed E-state index contributed by atoms with van der Waals surface area (Å²) >= 11 is 0. The minimum absolute atomic E-state index is 1.08. The average Bonchev–Trinajstić information content (AvgIpc) is 3.79. The van der Waals surface area contributed by atoms with Crippen molar-refractivity contribution < 1.29 is 0 Å².